The summed E-state index contributed by atoms with van der Waals surface area (Å²) >= 11 is 3.05. The molecule has 1 aromatic carbocycles. The topological polar surface area (TPSA) is 72.7 Å². The molecule has 4 N–H and O–H groups in total. The van der Waals surface area contributed by atoms with Crippen LogP contribution in [0.4, 0.5) is 0 Å². The molecule has 0 fully saturated rings. The molecule has 0 atom stereocenters. The van der Waals surface area contributed by atoms with Gasteiger partial charge < -0.3 is 15.4 Å². The summed E-state index contributed by atoms with van der Waals surface area (Å²) in [4.78, 5) is 0. The van der Waals surface area contributed by atoms with Gasteiger partial charge in [0.1, 0.15) is 0 Å². The summed E-state index contributed by atoms with van der Waals surface area (Å²) in [6.45, 7) is 0.215. The van der Waals surface area contributed by atoms with E-state index in [1.54, 1.807) is 6.07 Å². The summed E-state index contributed by atoms with van der Waals surface area (Å²) in [7, 11) is 0. The first-order valence-electron chi connectivity index (χ1n) is 3.22. The van der Waals surface area contributed by atoms with E-state index in [2.05, 4.69) is 15.9 Å². The number of nitrogens with one attached hydrogen (secondary N) is 1. The number of phenolic OH excluding ortho intramolecular Hbond substituents is 2. The van der Waals surface area contributed by atoms with E-state index in [-0.39, 0.29) is 18.0 Å². The summed E-state index contributed by atoms with van der Waals surface area (Å²) in [5.41, 5.74) is 2.61. The number of phenols is 2. The number of aromatic hydroxyl groups is 2. The highest BCUT2D eigenvalue weighted by Crippen LogP contribution is 2.34. The highest BCUT2D eigenvalue weighted by atomic mass is 79.9. The Balaban J connectivity index is 3.04. The van der Waals surface area contributed by atoms with Crippen molar-refractivity contribution in [1.82, 2.24) is 5.48 Å². The van der Waals surface area contributed by atoms with Crippen molar-refractivity contribution in [2.45, 2.75) is 6.54 Å². The van der Waals surface area contributed by atoms with Crippen molar-refractivity contribution in [3.05, 3.63) is 22.2 Å². The monoisotopic (exact) mass is 233 g/mol. The fraction of sp³-hybridized carbons (Fsp3) is 0.143. The van der Waals surface area contributed by atoms with E-state index in [9.17, 15) is 0 Å². The number of halogens is 1. The lowest BCUT2D eigenvalue weighted by Gasteiger charge is -2.04. The van der Waals surface area contributed by atoms with E-state index >= 15 is 0 Å². The molecule has 0 bridgehead atoms. The van der Waals surface area contributed by atoms with Crippen LogP contribution in [0.5, 0.6) is 11.5 Å². The minimum absolute atomic E-state index is 0.198. The lowest BCUT2D eigenvalue weighted by molar-refractivity contribution is 0.161. The molecule has 0 aliphatic rings. The second-order valence-corrected chi connectivity index (χ2v) is 3.13. The van der Waals surface area contributed by atoms with E-state index in [1.807, 2.05) is 5.48 Å². The fourth-order valence-corrected chi connectivity index (χ4v) is 1.33. The molecule has 0 unspecified atom stereocenters. The molecule has 5 heteroatoms. The first kappa shape index (κ1) is 9.31. The molecule has 4 nitrogen and oxygen atoms in total. The molecule has 66 valence electrons. The normalized spacial score (nSPS) is 10.2. The predicted molar refractivity (Wildman–Crippen MR) is 46.1 cm³/mol. The molecule has 0 aliphatic heterocycles. The third kappa shape index (κ3) is 1.88. The zero-order valence-corrected chi connectivity index (χ0v) is 7.67. The molecule has 0 saturated carbocycles. The Hall–Kier alpha value is -0.780. The molecule has 0 aliphatic carbocycles. The highest BCUT2D eigenvalue weighted by molar-refractivity contribution is 9.10. The number of hydroxylamine groups is 1. The van der Waals surface area contributed by atoms with Crippen molar-refractivity contribution in [2.24, 2.45) is 0 Å². The van der Waals surface area contributed by atoms with Gasteiger partial charge in [-0.1, -0.05) is 0 Å². The Morgan fingerprint density at radius 3 is 2.50 bits per heavy atom. The Morgan fingerprint density at radius 1 is 1.33 bits per heavy atom. The largest absolute Gasteiger partial charge is 0.504 e. The van der Waals surface area contributed by atoms with E-state index in [0.717, 1.165) is 0 Å². The maximum atomic E-state index is 9.12. The summed E-state index contributed by atoms with van der Waals surface area (Å²) in [5, 5.41) is 26.6. The molecular weight excluding hydrogens is 226 g/mol. The SMILES string of the molecule is ONCc1cc(O)c(O)c(Br)c1. The molecule has 0 amide bonds. The van der Waals surface area contributed by atoms with Gasteiger partial charge in [0.2, 0.25) is 0 Å². The summed E-state index contributed by atoms with van der Waals surface area (Å²) in [6.07, 6.45) is 0. The van der Waals surface area contributed by atoms with Gasteiger partial charge in [-0.3, -0.25) is 0 Å². The number of hydrogen-bond acceptors (Lipinski definition) is 4. The summed E-state index contributed by atoms with van der Waals surface area (Å²) in [6, 6.07) is 2.96. The van der Waals surface area contributed by atoms with Crippen LogP contribution in [0.3, 0.4) is 0 Å². The first-order chi connectivity index (χ1) is 5.65. The maximum absolute atomic E-state index is 9.12. The Morgan fingerprint density at radius 2 is 2.00 bits per heavy atom. The summed E-state index contributed by atoms with van der Waals surface area (Å²) < 4.78 is 0.396. The average Bonchev–Trinajstić information content (AvgIpc) is 2.01. The van der Waals surface area contributed by atoms with Crippen LogP contribution in [0.2, 0.25) is 0 Å². The van der Waals surface area contributed by atoms with Gasteiger partial charge in [0.15, 0.2) is 11.5 Å². The molecule has 1 rings (SSSR count). The zero-order chi connectivity index (χ0) is 9.14. The van der Waals surface area contributed by atoms with Gasteiger partial charge in [0, 0.05) is 6.54 Å². The zero-order valence-electron chi connectivity index (χ0n) is 6.08. The third-order valence-corrected chi connectivity index (χ3v) is 1.99. The standard InChI is InChI=1S/C7H8BrNO3/c8-5-1-4(3-9-12)2-6(10)7(5)11/h1-2,9-12H,3H2. The maximum Gasteiger partial charge on any atom is 0.171 e. The van der Waals surface area contributed by atoms with E-state index in [1.165, 1.54) is 6.07 Å². The Labute approximate surface area is 77.6 Å². The second kappa shape index (κ2) is 3.75. The number of rotatable bonds is 2. The Bertz CT molecular complexity index is 267. The van der Waals surface area contributed by atoms with Gasteiger partial charge in [0.25, 0.3) is 0 Å². The van der Waals surface area contributed by atoms with Crippen LogP contribution in [0.25, 0.3) is 0 Å². The fourth-order valence-electron chi connectivity index (χ4n) is 0.832. The highest BCUT2D eigenvalue weighted by Gasteiger charge is 2.05. The minimum Gasteiger partial charge on any atom is -0.504 e. The minimum atomic E-state index is -0.213. The number of benzene rings is 1. The van der Waals surface area contributed by atoms with E-state index in [0.29, 0.717) is 10.0 Å². The summed E-state index contributed by atoms with van der Waals surface area (Å²) in [5.74, 6) is -0.411. The van der Waals surface area contributed by atoms with Gasteiger partial charge in [0.05, 0.1) is 4.47 Å². The van der Waals surface area contributed by atoms with Gasteiger partial charge >= 0.3 is 0 Å². The Kier molecular flexibility index (Phi) is 2.91. The molecule has 12 heavy (non-hydrogen) atoms. The van der Waals surface area contributed by atoms with Crippen LogP contribution < -0.4 is 5.48 Å². The van der Waals surface area contributed by atoms with Crippen LogP contribution in [-0.4, -0.2) is 15.4 Å². The number of hydrogen-bond donors (Lipinski definition) is 4. The molecule has 0 heterocycles. The molecule has 0 aromatic heterocycles. The molecule has 0 saturated heterocycles. The van der Waals surface area contributed by atoms with Crippen LogP contribution >= 0.6 is 15.9 Å². The third-order valence-electron chi connectivity index (χ3n) is 1.39. The smallest absolute Gasteiger partial charge is 0.171 e. The molecule has 0 radical (unpaired) electrons. The van der Waals surface area contributed by atoms with E-state index < -0.39 is 0 Å². The van der Waals surface area contributed by atoms with Crippen molar-refractivity contribution in [3.63, 3.8) is 0 Å². The quantitative estimate of drug-likeness (QED) is 0.460. The molecular formula is C7H8BrNO3. The molecule has 0 spiro atoms. The van der Waals surface area contributed by atoms with Crippen molar-refractivity contribution in [1.29, 1.82) is 0 Å². The van der Waals surface area contributed by atoms with Gasteiger partial charge in [-0.25, -0.2) is 5.48 Å². The van der Waals surface area contributed by atoms with Gasteiger partial charge in [-0.2, -0.15) is 0 Å². The van der Waals surface area contributed by atoms with Crippen LogP contribution in [-0.2, 0) is 6.54 Å². The predicted octanol–water partition coefficient (Wildman–Crippen LogP) is 1.34. The lowest BCUT2D eigenvalue weighted by Crippen LogP contribution is -2.05. The second-order valence-electron chi connectivity index (χ2n) is 2.28. The van der Waals surface area contributed by atoms with Crippen LogP contribution in [0.1, 0.15) is 5.56 Å². The van der Waals surface area contributed by atoms with Crippen LogP contribution in [0, 0.1) is 0 Å². The van der Waals surface area contributed by atoms with Crippen molar-refractivity contribution < 1.29 is 15.4 Å². The van der Waals surface area contributed by atoms with E-state index in [4.69, 9.17) is 15.4 Å². The van der Waals surface area contributed by atoms with Crippen molar-refractivity contribution >= 4 is 15.9 Å². The van der Waals surface area contributed by atoms with Gasteiger partial charge in [-0.05, 0) is 33.6 Å². The van der Waals surface area contributed by atoms with Crippen molar-refractivity contribution in [2.75, 3.05) is 0 Å². The van der Waals surface area contributed by atoms with Crippen LogP contribution in [0.15, 0.2) is 16.6 Å². The molecule has 1 aromatic rings. The lowest BCUT2D eigenvalue weighted by atomic mass is 10.2. The average molecular weight is 234 g/mol. The van der Waals surface area contributed by atoms with Crippen molar-refractivity contribution in [3.8, 4) is 11.5 Å². The first-order valence-corrected chi connectivity index (χ1v) is 4.01. The van der Waals surface area contributed by atoms with Gasteiger partial charge in [-0.15, -0.1) is 0 Å².